The number of carboxylic acids is 2. The third kappa shape index (κ3) is 2.62. The lowest BCUT2D eigenvalue weighted by Gasteiger charge is -2.11. The van der Waals surface area contributed by atoms with E-state index in [0.29, 0.717) is 0 Å². The van der Waals surface area contributed by atoms with Gasteiger partial charge in [-0.05, 0) is 18.6 Å². The molecule has 1 rings (SSSR count). The number of benzene rings is 1. The number of ketones is 1. The molecule has 1 atom stereocenters. The first-order chi connectivity index (χ1) is 7.86. The standard InChI is InChI=1S/C11H9ClO5/c1-5(13)9(12)6-3-2-4-7(10(14)15)8(6)11(16)17/h2-4,9H,1H3,(H,14,15)(H,16,17). The van der Waals surface area contributed by atoms with Gasteiger partial charge in [0, 0.05) is 0 Å². The molecule has 0 spiro atoms. The van der Waals surface area contributed by atoms with Crippen LogP contribution in [0.25, 0.3) is 0 Å². The molecule has 0 aliphatic rings. The number of carbonyl (C=O) groups is 3. The first-order valence-corrected chi connectivity index (χ1v) is 5.04. The number of rotatable bonds is 4. The van der Waals surface area contributed by atoms with E-state index in [1.54, 1.807) is 0 Å². The second kappa shape index (κ2) is 4.97. The maximum Gasteiger partial charge on any atom is 0.336 e. The molecule has 1 unspecified atom stereocenters. The van der Waals surface area contributed by atoms with Crippen LogP contribution in [0.4, 0.5) is 0 Å². The van der Waals surface area contributed by atoms with Crippen LogP contribution in [0.15, 0.2) is 18.2 Å². The lowest BCUT2D eigenvalue weighted by Crippen LogP contribution is -2.14. The molecule has 0 amide bonds. The predicted molar refractivity (Wildman–Crippen MR) is 59.6 cm³/mol. The summed E-state index contributed by atoms with van der Waals surface area (Å²) in [4.78, 5) is 33.0. The zero-order valence-corrected chi connectivity index (χ0v) is 9.56. The van der Waals surface area contributed by atoms with Crippen LogP contribution in [0.1, 0.15) is 38.6 Å². The van der Waals surface area contributed by atoms with Gasteiger partial charge in [0.25, 0.3) is 0 Å². The Kier molecular flexibility index (Phi) is 3.85. The van der Waals surface area contributed by atoms with E-state index in [1.807, 2.05) is 0 Å². The minimum absolute atomic E-state index is 0.00781. The molecule has 0 bridgehead atoms. The molecule has 0 saturated carbocycles. The molecule has 0 aliphatic carbocycles. The monoisotopic (exact) mass is 256 g/mol. The second-order valence-corrected chi connectivity index (χ2v) is 3.79. The number of alkyl halides is 1. The Balaban J connectivity index is 3.50. The van der Waals surface area contributed by atoms with Gasteiger partial charge in [-0.25, -0.2) is 9.59 Å². The Morgan fingerprint density at radius 2 is 1.76 bits per heavy atom. The third-order valence-electron chi connectivity index (χ3n) is 2.17. The first-order valence-electron chi connectivity index (χ1n) is 4.60. The van der Waals surface area contributed by atoms with E-state index in [-0.39, 0.29) is 11.1 Å². The van der Waals surface area contributed by atoms with Crippen LogP contribution in [0.2, 0.25) is 0 Å². The average molecular weight is 257 g/mol. The van der Waals surface area contributed by atoms with Gasteiger partial charge in [0.05, 0.1) is 11.1 Å². The Morgan fingerprint density at radius 3 is 2.18 bits per heavy atom. The Hall–Kier alpha value is -1.88. The fourth-order valence-electron chi connectivity index (χ4n) is 1.42. The van der Waals surface area contributed by atoms with Gasteiger partial charge >= 0.3 is 11.9 Å². The summed E-state index contributed by atoms with van der Waals surface area (Å²) >= 11 is 5.76. The van der Waals surface area contributed by atoms with Crippen LogP contribution in [0, 0.1) is 0 Å². The van der Waals surface area contributed by atoms with Crippen LogP contribution in [-0.2, 0) is 4.79 Å². The van der Waals surface area contributed by atoms with Crippen molar-refractivity contribution in [2.24, 2.45) is 0 Å². The van der Waals surface area contributed by atoms with Crippen LogP contribution >= 0.6 is 11.6 Å². The van der Waals surface area contributed by atoms with Crippen molar-refractivity contribution in [2.75, 3.05) is 0 Å². The summed E-state index contributed by atoms with van der Waals surface area (Å²) in [5.74, 6) is -3.25. The van der Waals surface area contributed by atoms with Crippen molar-refractivity contribution in [3.63, 3.8) is 0 Å². The zero-order chi connectivity index (χ0) is 13.2. The van der Waals surface area contributed by atoms with Crippen molar-refractivity contribution in [1.82, 2.24) is 0 Å². The average Bonchev–Trinajstić information content (AvgIpc) is 2.26. The quantitative estimate of drug-likeness (QED) is 0.804. The molecule has 90 valence electrons. The molecule has 0 aliphatic heterocycles. The van der Waals surface area contributed by atoms with E-state index >= 15 is 0 Å². The van der Waals surface area contributed by atoms with Gasteiger partial charge in [0.1, 0.15) is 5.38 Å². The highest BCUT2D eigenvalue weighted by Crippen LogP contribution is 2.27. The molecule has 2 N–H and O–H groups in total. The maximum absolute atomic E-state index is 11.1. The van der Waals surface area contributed by atoms with Crippen molar-refractivity contribution >= 4 is 29.3 Å². The summed E-state index contributed by atoms with van der Waals surface area (Å²) in [5.41, 5.74) is -0.844. The fourth-order valence-corrected chi connectivity index (χ4v) is 1.60. The molecule has 17 heavy (non-hydrogen) atoms. The van der Waals surface area contributed by atoms with Gasteiger partial charge in [0.2, 0.25) is 0 Å². The Labute approximate surface area is 102 Å². The van der Waals surface area contributed by atoms with E-state index in [9.17, 15) is 14.4 Å². The van der Waals surface area contributed by atoms with Crippen molar-refractivity contribution in [1.29, 1.82) is 0 Å². The Morgan fingerprint density at radius 1 is 1.18 bits per heavy atom. The van der Waals surface area contributed by atoms with Crippen LogP contribution in [-0.4, -0.2) is 27.9 Å². The number of aromatic carboxylic acids is 2. The molecular formula is C11H9ClO5. The van der Waals surface area contributed by atoms with Gasteiger partial charge in [0.15, 0.2) is 5.78 Å². The van der Waals surface area contributed by atoms with Gasteiger partial charge in [-0.1, -0.05) is 12.1 Å². The number of hydrogen-bond donors (Lipinski definition) is 2. The fraction of sp³-hybridized carbons (Fsp3) is 0.182. The molecular weight excluding hydrogens is 248 g/mol. The molecule has 0 radical (unpaired) electrons. The molecule has 0 fully saturated rings. The highest BCUT2D eigenvalue weighted by atomic mass is 35.5. The van der Waals surface area contributed by atoms with E-state index in [4.69, 9.17) is 21.8 Å². The highest BCUT2D eigenvalue weighted by molar-refractivity contribution is 6.31. The van der Waals surface area contributed by atoms with Gasteiger partial charge < -0.3 is 10.2 Å². The summed E-state index contributed by atoms with van der Waals surface area (Å²) in [6, 6.07) is 3.83. The van der Waals surface area contributed by atoms with Crippen molar-refractivity contribution in [3.8, 4) is 0 Å². The highest BCUT2D eigenvalue weighted by Gasteiger charge is 2.25. The largest absolute Gasteiger partial charge is 0.478 e. The van der Waals surface area contributed by atoms with Gasteiger partial charge in [-0.2, -0.15) is 0 Å². The molecule has 0 saturated heterocycles. The lowest BCUT2D eigenvalue weighted by atomic mass is 9.97. The second-order valence-electron chi connectivity index (χ2n) is 3.35. The van der Waals surface area contributed by atoms with Gasteiger partial charge in [-0.3, -0.25) is 4.79 Å². The minimum Gasteiger partial charge on any atom is -0.478 e. The number of halogens is 1. The molecule has 0 heterocycles. The van der Waals surface area contributed by atoms with E-state index in [2.05, 4.69) is 0 Å². The minimum atomic E-state index is -1.43. The zero-order valence-electron chi connectivity index (χ0n) is 8.81. The summed E-state index contributed by atoms with van der Waals surface area (Å²) in [6.45, 7) is 1.21. The van der Waals surface area contributed by atoms with E-state index in [0.717, 1.165) is 6.07 Å². The summed E-state index contributed by atoms with van der Waals surface area (Å²) in [7, 11) is 0. The first kappa shape index (κ1) is 13.2. The molecule has 0 aromatic heterocycles. The number of hydrogen-bond acceptors (Lipinski definition) is 3. The summed E-state index contributed by atoms with van der Waals surface area (Å²) in [5, 5.41) is 16.7. The van der Waals surface area contributed by atoms with Crippen molar-refractivity contribution in [3.05, 3.63) is 34.9 Å². The number of carboxylic acid groups (broad SMARTS) is 2. The molecule has 1 aromatic carbocycles. The SMILES string of the molecule is CC(=O)C(Cl)c1cccc(C(=O)O)c1C(=O)O. The lowest BCUT2D eigenvalue weighted by molar-refractivity contribution is -0.116. The van der Waals surface area contributed by atoms with E-state index in [1.165, 1.54) is 19.1 Å². The van der Waals surface area contributed by atoms with Crippen molar-refractivity contribution < 1.29 is 24.6 Å². The Bertz CT molecular complexity index is 495. The van der Waals surface area contributed by atoms with E-state index < -0.39 is 28.7 Å². The van der Waals surface area contributed by atoms with Crippen LogP contribution < -0.4 is 0 Å². The molecule has 5 nitrogen and oxygen atoms in total. The predicted octanol–water partition coefficient (Wildman–Crippen LogP) is 1.95. The number of Topliss-reactive ketones (excluding diaryl/α,β-unsaturated/α-hetero) is 1. The maximum atomic E-state index is 11.1. The van der Waals surface area contributed by atoms with Crippen molar-refractivity contribution in [2.45, 2.75) is 12.3 Å². The third-order valence-corrected chi connectivity index (χ3v) is 2.71. The summed E-state index contributed by atoms with van der Waals surface area (Å²) < 4.78 is 0. The van der Waals surface area contributed by atoms with Gasteiger partial charge in [-0.15, -0.1) is 11.6 Å². The number of carbonyl (C=O) groups excluding carboxylic acids is 1. The van der Waals surface area contributed by atoms with Crippen LogP contribution in [0.5, 0.6) is 0 Å². The topological polar surface area (TPSA) is 91.7 Å². The molecule has 6 heteroatoms. The normalized spacial score (nSPS) is 11.9. The van der Waals surface area contributed by atoms with Crippen LogP contribution in [0.3, 0.4) is 0 Å². The summed E-state index contributed by atoms with van der Waals surface area (Å²) in [6.07, 6.45) is 0. The smallest absolute Gasteiger partial charge is 0.336 e. The molecule has 1 aromatic rings.